The first-order valence-electron chi connectivity index (χ1n) is 8.64. The molecule has 5 nitrogen and oxygen atoms in total. The second-order valence-corrected chi connectivity index (χ2v) is 7.27. The Balaban J connectivity index is 1.67. The van der Waals surface area contributed by atoms with Gasteiger partial charge in [0.05, 0.1) is 6.42 Å². The lowest BCUT2D eigenvalue weighted by Gasteiger charge is -2.09. The molecule has 138 valence electrons. The van der Waals surface area contributed by atoms with Gasteiger partial charge < -0.3 is 10.3 Å². The van der Waals surface area contributed by atoms with Gasteiger partial charge in [0.25, 0.3) is 5.56 Å². The molecule has 3 rings (SSSR count). The average Bonchev–Trinajstić information content (AvgIpc) is 2.64. The van der Waals surface area contributed by atoms with E-state index < -0.39 is 0 Å². The zero-order valence-electron chi connectivity index (χ0n) is 15.3. The molecule has 0 atom stereocenters. The molecule has 0 spiro atoms. The van der Waals surface area contributed by atoms with Crippen LogP contribution in [0.15, 0.2) is 64.5 Å². The van der Waals surface area contributed by atoms with Gasteiger partial charge >= 0.3 is 0 Å². The van der Waals surface area contributed by atoms with E-state index in [9.17, 15) is 9.59 Å². The maximum Gasteiger partial charge on any atom is 0.255 e. The highest BCUT2D eigenvalue weighted by atomic mass is 32.2. The molecule has 0 aliphatic heterocycles. The standard InChI is InChI=1S/C21H21N3O2S/c1-14-7-6-10-17(11-14)23-19(25)12-18-15(2)22-21(24-20(18)26)27-13-16-8-4-3-5-9-16/h3-11H,12-13H2,1-2H3,(H,23,25)(H,22,24,26). The highest BCUT2D eigenvalue weighted by Gasteiger charge is 2.13. The molecule has 3 aromatic rings. The van der Waals surface area contributed by atoms with Crippen molar-refractivity contribution in [2.45, 2.75) is 31.2 Å². The van der Waals surface area contributed by atoms with Gasteiger partial charge in [-0.1, -0.05) is 54.2 Å². The van der Waals surface area contributed by atoms with Gasteiger partial charge in [0.2, 0.25) is 5.91 Å². The number of thioether (sulfide) groups is 1. The van der Waals surface area contributed by atoms with E-state index in [0.717, 1.165) is 22.6 Å². The van der Waals surface area contributed by atoms with Crippen LogP contribution in [-0.4, -0.2) is 15.9 Å². The molecule has 0 aliphatic rings. The number of carbonyl (C=O) groups is 1. The van der Waals surface area contributed by atoms with Crippen molar-refractivity contribution in [2.24, 2.45) is 0 Å². The van der Waals surface area contributed by atoms with E-state index in [1.54, 1.807) is 6.92 Å². The van der Waals surface area contributed by atoms with E-state index in [1.807, 2.05) is 61.5 Å². The molecule has 2 N–H and O–H groups in total. The molecule has 1 amide bonds. The predicted octanol–water partition coefficient (Wildman–Crippen LogP) is 3.86. The second-order valence-electron chi connectivity index (χ2n) is 6.30. The summed E-state index contributed by atoms with van der Waals surface area (Å²) >= 11 is 1.47. The van der Waals surface area contributed by atoms with E-state index in [-0.39, 0.29) is 17.9 Å². The number of hydrogen-bond acceptors (Lipinski definition) is 4. The van der Waals surface area contributed by atoms with E-state index in [1.165, 1.54) is 11.8 Å². The summed E-state index contributed by atoms with van der Waals surface area (Å²) < 4.78 is 0. The van der Waals surface area contributed by atoms with Crippen LogP contribution in [0.3, 0.4) is 0 Å². The Morgan fingerprint density at radius 3 is 2.59 bits per heavy atom. The number of aromatic nitrogens is 2. The van der Waals surface area contributed by atoms with Crippen molar-refractivity contribution in [3.63, 3.8) is 0 Å². The molecule has 1 heterocycles. The van der Waals surface area contributed by atoms with Crippen LogP contribution in [0.5, 0.6) is 0 Å². The third-order valence-corrected chi connectivity index (χ3v) is 5.00. The van der Waals surface area contributed by atoms with E-state index >= 15 is 0 Å². The van der Waals surface area contributed by atoms with Gasteiger partial charge in [0, 0.05) is 22.7 Å². The molecular weight excluding hydrogens is 358 g/mol. The molecule has 0 fully saturated rings. The highest BCUT2D eigenvalue weighted by molar-refractivity contribution is 7.98. The first kappa shape index (κ1) is 18.9. The number of aryl methyl sites for hydroxylation is 2. The van der Waals surface area contributed by atoms with Gasteiger partial charge in [-0.3, -0.25) is 9.59 Å². The predicted molar refractivity (Wildman–Crippen MR) is 109 cm³/mol. The van der Waals surface area contributed by atoms with Crippen LogP contribution in [-0.2, 0) is 17.0 Å². The number of carbonyl (C=O) groups excluding carboxylic acids is 1. The van der Waals surface area contributed by atoms with E-state index in [4.69, 9.17) is 0 Å². The molecule has 27 heavy (non-hydrogen) atoms. The van der Waals surface area contributed by atoms with Crippen LogP contribution in [0.1, 0.15) is 22.4 Å². The monoisotopic (exact) mass is 379 g/mol. The molecule has 0 unspecified atom stereocenters. The summed E-state index contributed by atoms with van der Waals surface area (Å²) in [5, 5.41) is 3.38. The number of rotatable bonds is 6. The summed E-state index contributed by atoms with van der Waals surface area (Å²) in [5.41, 5.74) is 3.64. The van der Waals surface area contributed by atoms with Crippen LogP contribution >= 0.6 is 11.8 Å². The SMILES string of the molecule is Cc1cccc(NC(=O)Cc2c(C)nc(SCc3ccccc3)[nH]c2=O)c1. The number of nitrogens with one attached hydrogen (secondary N) is 2. The molecule has 0 saturated carbocycles. The molecule has 0 bridgehead atoms. The first-order valence-corrected chi connectivity index (χ1v) is 9.63. The van der Waals surface area contributed by atoms with Crippen molar-refractivity contribution in [2.75, 3.05) is 5.32 Å². The number of nitrogens with zero attached hydrogens (tertiary/aromatic N) is 1. The third kappa shape index (κ3) is 5.31. The van der Waals surface area contributed by atoms with Gasteiger partial charge in [0.1, 0.15) is 0 Å². The van der Waals surface area contributed by atoms with E-state index in [0.29, 0.717) is 16.4 Å². The van der Waals surface area contributed by atoms with E-state index in [2.05, 4.69) is 15.3 Å². The number of hydrogen-bond donors (Lipinski definition) is 2. The molecule has 6 heteroatoms. The van der Waals surface area contributed by atoms with Crippen molar-refractivity contribution in [3.05, 3.63) is 87.3 Å². The largest absolute Gasteiger partial charge is 0.326 e. The highest BCUT2D eigenvalue weighted by Crippen LogP contribution is 2.19. The number of anilines is 1. The minimum Gasteiger partial charge on any atom is -0.326 e. The fourth-order valence-corrected chi connectivity index (χ4v) is 3.54. The Bertz CT molecular complexity index is 1000. The van der Waals surface area contributed by atoms with Crippen LogP contribution in [0.2, 0.25) is 0 Å². The summed E-state index contributed by atoms with van der Waals surface area (Å²) in [7, 11) is 0. The summed E-state index contributed by atoms with van der Waals surface area (Å²) in [6, 6.07) is 17.5. The van der Waals surface area contributed by atoms with Gasteiger partial charge in [-0.05, 0) is 37.1 Å². The zero-order chi connectivity index (χ0) is 19.2. The van der Waals surface area contributed by atoms with Crippen molar-refractivity contribution < 1.29 is 4.79 Å². The lowest BCUT2D eigenvalue weighted by molar-refractivity contribution is -0.115. The molecule has 1 aromatic heterocycles. The average molecular weight is 379 g/mol. The lowest BCUT2D eigenvalue weighted by Crippen LogP contribution is -2.23. The molecule has 0 radical (unpaired) electrons. The van der Waals surface area contributed by atoms with Crippen molar-refractivity contribution in [1.82, 2.24) is 9.97 Å². The van der Waals surface area contributed by atoms with Crippen LogP contribution in [0, 0.1) is 13.8 Å². The zero-order valence-corrected chi connectivity index (χ0v) is 16.1. The number of H-pyrrole nitrogens is 1. The minimum atomic E-state index is -0.266. The maximum absolute atomic E-state index is 12.4. The summed E-state index contributed by atoms with van der Waals surface area (Å²) in [5.74, 6) is 0.483. The van der Waals surface area contributed by atoms with Crippen molar-refractivity contribution >= 4 is 23.4 Å². The molecule has 0 saturated heterocycles. The maximum atomic E-state index is 12.4. The third-order valence-electron chi connectivity index (χ3n) is 4.06. The number of benzene rings is 2. The Morgan fingerprint density at radius 2 is 1.89 bits per heavy atom. The molecular formula is C21H21N3O2S. The Hall–Kier alpha value is -2.86. The Labute approximate surface area is 162 Å². The van der Waals surface area contributed by atoms with Crippen LogP contribution in [0.4, 0.5) is 5.69 Å². The van der Waals surface area contributed by atoms with Gasteiger partial charge in [0.15, 0.2) is 5.16 Å². The first-order chi connectivity index (χ1) is 13.0. The van der Waals surface area contributed by atoms with Gasteiger partial charge in [-0.15, -0.1) is 0 Å². The quantitative estimate of drug-likeness (QED) is 0.504. The fourth-order valence-electron chi connectivity index (χ4n) is 2.68. The fraction of sp³-hybridized carbons (Fsp3) is 0.190. The van der Waals surface area contributed by atoms with Crippen molar-refractivity contribution in [1.29, 1.82) is 0 Å². The Kier molecular flexibility index (Phi) is 6.08. The molecule has 2 aromatic carbocycles. The normalized spacial score (nSPS) is 10.6. The smallest absolute Gasteiger partial charge is 0.255 e. The van der Waals surface area contributed by atoms with Crippen LogP contribution in [0.25, 0.3) is 0 Å². The lowest BCUT2D eigenvalue weighted by atomic mass is 10.1. The van der Waals surface area contributed by atoms with Crippen LogP contribution < -0.4 is 10.9 Å². The molecule has 0 aliphatic carbocycles. The van der Waals surface area contributed by atoms with Gasteiger partial charge in [-0.2, -0.15) is 0 Å². The minimum absolute atomic E-state index is 0.00819. The number of amides is 1. The topological polar surface area (TPSA) is 74.8 Å². The summed E-state index contributed by atoms with van der Waals surface area (Å²) in [4.78, 5) is 32.0. The number of aromatic amines is 1. The second kappa shape index (κ2) is 8.68. The van der Waals surface area contributed by atoms with Gasteiger partial charge in [-0.25, -0.2) is 4.98 Å². The van der Waals surface area contributed by atoms with Crippen molar-refractivity contribution in [3.8, 4) is 0 Å². The Morgan fingerprint density at radius 1 is 1.11 bits per heavy atom. The summed E-state index contributed by atoms with van der Waals surface area (Å²) in [6.07, 6.45) is -0.00819. The summed E-state index contributed by atoms with van der Waals surface area (Å²) in [6.45, 7) is 3.72.